The molecule has 5 N–H and O–H groups in total. The van der Waals surface area contributed by atoms with Crippen LogP contribution >= 0.6 is 12.2 Å². The number of aromatic amines is 1. The van der Waals surface area contributed by atoms with E-state index in [9.17, 15) is 0 Å². The van der Waals surface area contributed by atoms with Gasteiger partial charge in [-0.1, -0.05) is 0 Å². The molecule has 0 saturated carbocycles. The largest absolute Gasteiger partial charge is 0.383 e. The number of nitrogen functional groups attached to an aromatic ring is 2. The number of nitrogens with two attached hydrogens (primary N) is 2. The lowest BCUT2D eigenvalue weighted by Gasteiger charge is -1.91. The van der Waals surface area contributed by atoms with Crippen molar-refractivity contribution < 1.29 is 0 Å². The molecule has 0 fully saturated rings. The number of aromatic nitrogens is 4. The second-order valence-electron chi connectivity index (χ2n) is 2.27. The number of nitrogens with zero attached hydrogens (tertiary/aromatic N) is 3. The summed E-state index contributed by atoms with van der Waals surface area (Å²) >= 11 is 4.89. The molecule has 0 bridgehead atoms. The van der Waals surface area contributed by atoms with Crippen molar-refractivity contribution in [3.8, 4) is 0 Å². The van der Waals surface area contributed by atoms with Crippen molar-refractivity contribution in [2.75, 3.05) is 11.5 Å². The molecule has 6 nitrogen and oxygen atoms in total. The zero-order chi connectivity index (χ0) is 8.72. The lowest BCUT2D eigenvalue weighted by atomic mass is 10.6. The van der Waals surface area contributed by atoms with Crippen LogP contribution in [0.2, 0.25) is 0 Å². The van der Waals surface area contributed by atoms with E-state index >= 15 is 0 Å². The number of hydrogen-bond donors (Lipinski definition) is 3. The Bertz CT molecular complexity index is 482. The standard InChI is InChI=1S/C5H6N6S/c6-2-1-3-9-4(7)10-11(3)5(12)8-2/h1H,(H2,6,8,12)(H3,7,9,10). The van der Waals surface area contributed by atoms with Crippen LogP contribution in [0.4, 0.5) is 11.8 Å². The fourth-order valence-corrected chi connectivity index (χ4v) is 1.19. The molecule has 0 atom stereocenters. The quantitative estimate of drug-likeness (QED) is 0.496. The maximum absolute atomic E-state index is 5.45. The van der Waals surface area contributed by atoms with Crippen molar-refractivity contribution in [2.45, 2.75) is 0 Å². The minimum Gasteiger partial charge on any atom is -0.383 e. The number of rotatable bonds is 0. The second kappa shape index (κ2) is 2.18. The van der Waals surface area contributed by atoms with Crippen LogP contribution in [0.1, 0.15) is 0 Å². The van der Waals surface area contributed by atoms with Crippen LogP contribution in [0, 0.1) is 4.77 Å². The van der Waals surface area contributed by atoms with Gasteiger partial charge < -0.3 is 16.5 Å². The Morgan fingerprint density at radius 1 is 1.50 bits per heavy atom. The van der Waals surface area contributed by atoms with E-state index in [1.807, 2.05) is 0 Å². The average Bonchev–Trinajstić information content (AvgIpc) is 2.29. The molecule has 0 amide bonds. The molecule has 0 saturated heterocycles. The number of anilines is 2. The maximum atomic E-state index is 5.45. The Hall–Kier alpha value is -1.63. The van der Waals surface area contributed by atoms with Gasteiger partial charge in [-0.05, 0) is 12.2 Å². The van der Waals surface area contributed by atoms with Crippen LogP contribution in [-0.4, -0.2) is 19.6 Å². The Morgan fingerprint density at radius 3 is 3.00 bits per heavy atom. The number of fused-ring (bicyclic) bond motifs is 1. The van der Waals surface area contributed by atoms with E-state index in [2.05, 4.69) is 15.1 Å². The van der Waals surface area contributed by atoms with Crippen LogP contribution in [0.25, 0.3) is 5.65 Å². The SMILES string of the molecule is Nc1cc2[nH]c(N)nn2c(=S)n1. The van der Waals surface area contributed by atoms with Gasteiger partial charge in [-0.3, -0.25) is 0 Å². The predicted octanol–water partition coefficient (Wildman–Crippen LogP) is -0.0487. The molecule has 0 unspecified atom stereocenters. The predicted molar refractivity (Wildman–Crippen MR) is 47.0 cm³/mol. The average molecular weight is 182 g/mol. The number of H-pyrrole nitrogens is 1. The number of hydrogen-bond acceptors (Lipinski definition) is 5. The molecule has 2 aromatic heterocycles. The first kappa shape index (κ1) is 7.04. The highest BCUT2D eigenvalue weighted by atomic mass is 32.1. The molecule has 2 aromatic rings. The van der Waals surface area contributed by atoms with Gasteiger partial charge in [0.05, 0.1) is 0 Å². The topological polar surface area (TPSA) is 98.0 Å². The van der Waals surface area contributed by atoms with Gasteiger partial charge in [-0.2, -0.15) is 4.52 Å². The first-order valence-corrected chi connectivity index (χ1v) is 3.59. The fourth-order valence-electron chi connectivity index (χ4n) is 0.944. The van der Waals surface area contributed by atoms with Crippen molar-refractivity contribution in [3.05, 3.63) is 10.8 Å². The molecule has 0 aliphatic heterocycles. The molecular weight excluding hydrogens is 176 g/mol. The lowest BCUT2D eigenvalue weighted by molar-refractivity contribution is 0.910. The molecule has 62 valence electrons. The van der Waals surface area contributed by atoms with Gasteiger partial charge in [0.15, 0.2) is 0 Å². The van der Waals surface area contributed by atoms with E-state index in [1.54, 1.807) is 6.07 Å². The normalized spacial score (nSPS) is 10.7. The van der Waals surface area contributed by atoms with Gasteiger partial charge in [0.25, 0.3) is 0 Å². The summed E-state index contributed by atoms with van der Waals surface area (Å²) in [6, 6.07) is 1.61. The van der Waals surface area contributed by atoms with Gasteiger partial charge in [-0.15, -0.1) is 5.10 Å². The summed E-state index contributed by atoms with van der Waals surface area (Å²) < 4.78 is 1.71. The van der Waals surface area contributed by atoms with E-state index in [-0.39, 0.29) is 10.7 Å². The third-order valence-electron chi connectivity index (χ3n) is 1.38. The van der Waals surface area contributed by atoms with Gasteiger partial charge in [0, 0.05) is 6.07 Å². The highest BCUT2D eigenvalue weighted by Crippen LogP contribution is 2.05. The molecule has 0 aliphatic rings. The summed E-state index contributed by atoms with van der Waals surface area (Å²) in [5.74, 6) is 0.636. The van der Waals surface area contributed by atoms with Crippen LogP contribution in [0.5, 0.6) is 0 Å². The Morgan fingerprint density at radius 2 is 2.25 bits per heavy atom. The molecular formula is C5H6N6S. The van der Waals surface area contributed by atoms with Crippen LogP contribution in [-0.2, 0) is 0 Å². The summed E-state index contributed by atoms with van der Waals surface area (Å²) in [6.07, 6.45) is 0. The van der Waals surface area contributed by atoms with Crippen molar-refractivity contribution in [3.63, 3.8) is 0 Å². The van der Waals surface area contributed by atoms with Crippen molar-refractivity contribution in [2.24, 2.45) is 0 Å². The minimum absolute atomic E-state index is 0.286. The molecule has 12 heavy (non-hydrogen) atoms. The van der Waals surface area contributed by atoms with Crippen LogP contribution in [0.3, 0.4) is 0 Å². The summed E-state index contributed by atoms with van der Waals surface area (Å²) in [5, 5.41) is 3.87. The molecule has 0 radical (unpaired) electrons. The molecule has 0 aromatic carbocycles. The molecule has 2 rings (SSSR count). The lowest BCUT2D eigenvalue weighted by Crippen LogP contribution is -1.97. The third kappa shape index (κ3) is 0.909. The van der Waals surface area contributed by atoms with Gasteiger partial charge in [0.2, 0.25) is 10.7 Å². The van der Waals surface area contributed by atoms with E-state index < -0.39 is 0 Å². The van der Waals surface area contributed by atoms with Crippen molar-refractivity contribution in [1.82, 2.24) is 19.6 Å². The Kier molecular flexibility index (Phi) is 1.28. The third-order valence-corrected chi connectivity index (χ3v) is 1.65. The second-order valence-corrected chi connectivity index (χ2v) is 2.64. The van der Waals surface area contributed by atoms with E-state index in [0.29, 0.717) is 11.5 Å². The monoisotopic (exact) mass is 182 g/mol. The maximum Gasteiger partial charge on any atom is 0.224 e. The summed E-state index contributed by atoms with van der Waals surface area (Å²) in [4.78, 5) is 6.62. The van der Waals surface area contributed by atoms with Gasteiger partial charge >= 0.3 is 0 Å². The Labute approximate surface area is 72.2 Å². The van der Waals surface area contributed by atoms with Crippen LogP contribution < -0.4 is 11.5 Å². The van der Waals surface area contributed by atoms with E-state index in [1.165, 1.54) is 4.52 Å². The summed E-state index contributed by atoms with van der Waals surface area (Å²) in [7, 11) is 0. The highest BCUT2D eigenvalue weighted by Gasteiger charge is 2.00. The van der Waals surface area contributed by atoms with Crippen molar-refractivity contribution >= 4 is 29.6 Å². The zero-order valence-electron chi connectivity index (χ0n) is 5.98. The Balaban J connectivity index is 2.98. The van der Waals surface area contributed by atoms with E-state index in [4.69, 9.17) is 23.7 Å². The highest BCUT2D eigenvalue weighted by molar-refractivity contribution is 7.71. The zero-order valence-corrected chi connectivity index (χ0v) is 6.80. The summed E-state index contributed by atoms with van der Waals surface area (Å²) in [5.41, 5.74) is 11.5. The minimum atomic E-state index is 0.286. The number of nitrogens with one attached hydrogen (secondary N) is 1. The first-order chi connectivity index (χ1) is 5.66. The molecule has 7 heteroatoms. The van der Waals surface area contributed by atoms with Crippen LogP contribution in [0.15, 0.2) is 6.07 Å². The molecule has 0 spiro atoms. The van der Waals surface area contributed by atoms with Crippen molar-refractivity contribution in [1.29, 1.82) is 0 Å². The smallest absolute Gasteiger partial charge is 0.224 e. The van der Waals surface area contributed by atoms with Gasteiger partial charge in [-0.25, -0.2) is 4.98 Å². The summed E-state index contributed by atoms with van der Waals surface area (Å²) in [6.45, 7) is 0. The molecule has 2 heterocycles. The van der Waals surface area contributed by atoms with E-state index in [0.717, 1.165) is 0 Å². The van der Waals surface area contributed by atoms with Gasteiger partial charge in [0.1, 0.15) is 11.5 Å². The molecule has 0 aliphatic carbocycles. The first-order valence-electron chi connectivity index (χ1n) is 3.18. The fraction of sp³-hybridized carbons (Fsp3) is 0.